The summed E-state index contributed by atoms with van der Waals surface area (Å²) in [6.45, 7) is 13.8. The smallest absolute Gasteiger partial charge is 0.266 e. The Morgan fingerprint density at radius 2 is 1.73 bits per heavy atom. The molecule has 1 N–H and O–H groups in total. The van der Waals surface area contributed by atoms with Gasteiger partial charge in [0.1, 0.15) is 11.6 Å². The molecule has 0 aromatic carbocycles. The van der Waals surface area contributed by atoms with Crippen LogP contribution in [0, 0.1) is 16.7 Å². The van der Waals surface area contributed by atoms with Crippen molar-refractivity contribution in [2.45, 2.75) is 46.6 Å². The Kier molecular flexibility index (Phi) is 6.01. The molecular formula is C17H30N4O. The first-order chi connectivity index (χ1) is 10.0. The summed E-state index contributed by atoms with van der Waals surface area (Å²) < 4.78 is 0. The van der Waals surface area contributed by atoms with Gasteiger partial charge in [-0.25, -0.2) is 0 Å². The summed E-state index contributed by atoms with van der Waals surface area (Å²) in [5.74, 6) is -0.172. The number of nitrogens with zero attached hydrogens (tertiary/aromatic N) is 3. The minimum atomic E-state index is -0.172. The van der Waals surface area contributed by atoms with Crippen molar-refractivity contribution in [2.75, 3.05) is 33.2 Å². The van der Waals surface area contributed by atoms with Crippen LogP contribution >= 0.6 is 0 Å². The molecule has 124 valence electrons. The summed E-state index contributed by atoms with van der Waals surface area (Å²) in [7, 11) is 2.04. The number of carbonyl (C=O) groups excluding carboxylic acids is 1. The molecule has 22 heavy (non-hydrogen) atoms. The van der Waals surface area contributed by atoms with Crippen molar-refractivity contribution >= 4 is 5.91 Å². The molecule has 0 atom stereocenters. The molecule has 1 aliphatic rings. The van der Waals surface area contributed by atoms with Crippen LogP contribution in [0.1, 0.15) is 41.0 Å². The van der Waals surface area contributed by atoms with Gasteiger partial charge in [-0.1, -0.05) is 20.8 Å². The van der Waals surface area contributed by atoms with E-state index in [0.29, 0.717) is 13.1 Å². The van der Waals surface area contributed by atoms with E-state index in [2.05, 4.69) is 44.8 Å². The second kappa shape index (κ2) is 7.15. The molecule has 1 amide bonds. The molecule has 0 aliphatic carbocycles. The third kappa shape index (κ3) is 6.07. The van der Waals surface area contributed by atoms with Crippen molar-refractivity contribution in [3.8, 4) is 6.07 Å². The zero-order valence-electron chi connectivity index (χ0n) is 14.9. The SMILES string of the molecule is CN1CCN(C(=O)/C(C#N)=C\NC(C)(C)CC(C)(C)C)CC1. The summed E-state index contributed by atoms with van der Waals surface area (Å²) in [6, 6.07) is 2.04. The molecule has 0 saturated carbocycles. The minimum Gasteiger partial charge on any atom is -0.385 e. The average molecular weight is 306 g/mol. The van der Waals surface area contributed by atoms with Gasteiger partial charge in [0.25, 0.3) is 5.91 Å². The number of likely N-dealkylation sites (N-methyl/N-ethyl adjacent to an activating group) is 1. The maximum absolute atomic E-state index is 12.4. The van der Waals surface area contributed by atoms with Crippen LogP contribution < -0.4 is 5.32 Å². The molecule has 1 fully saturated rings. The van der Waals surface area contributed by atoms with Gasteiger partial charge in [0, 0.05) is 37.9 Å². The Morgan fingerprint density at radius 1 is 1.18 bits per heavy atom. The first-order valence-corrected chi connectivity index (χ1v) is 7.90. The minimum absolute atomic E-state index is 0.164. The zero-order valence-corrected chi connectivity index (χ0v) is 14.9. The molecule has 0 aromatic rings. The van der Waals surface area contributed by atoms with Crippen molar-refractivity contribution in [3.05, 3.63) is 11.8 Å². The maximum Gasteiger partial charge on any atom is 0.266 e. The first-order valence-electron chi connectivity index (χ1n) is 7.90. The predicted octanol–water partition coefficient (Wildman–Crippen LogP) is 1.97. The second-order valence-corrected chi connectivity index (χ2v) is 8.03. The van der Waals surface area contributed by atoms with E-state index in [1.807, 2.05) is 13.1 Å². The fraction of sp³-hybridized carbons (Fsp3) is 0.765. The van der Waals surface area contributed by atoms with E-state index in [-0.39, 0.29) is 22.4 Å². The molecule has 1 heterocycles. The van der Waals surface area contributed by atoms with Gasteiger partial charge in [-0.3, -0.25) is 4.79 Å². The summed E-state index contributed by atoms with van der Waals surface area (Å²) in [5.41, 5.74) is 0.202. The predicted molar refractivity (Wildman–Crippen MR) is 89.1 cm³/mol. The van der Waals surface area contributed by atoms with Gasteiger partial charge in [0.2, 0.25) is 0 Å². The molecule has 0 aromatic heterocycles. The highest BCUT2D eigenvalue weighted by Crippen LogP contribution is 2.26. The van der Waals surface area contributed by atoms with Gasteiger partial charge >= 0.3 is 0 Å². The molecule has 5 nitrogen and oxygen atoms in total. The Bertz CT molecular complexity index is 460. The standard InChI is InChI=1S/C17H30N4O/c1-16(2,3)13-17(4,5)19-12-14(11-18)15(22)21-9-7-20(6)8-10-21/h12,19H,7-10,13H2,1-6H3/b14-12-. The molecule has 1 saturated heterocycles. The summed E-state index contributed by atoms with van der Waals surface area (Å²) in [4.78, 5) is 16.4. The quantitative estimate of drug-likeness (QED) is 0.637. The van der Waals surface area contributed by atoms with E-state index in [4.69, 9.17) is 0 Å². The molecule has 0 unspecified atom stereocenters. The van der Waals surface area contributed by atoms with Crippen LogP contribution in [-0.2, 0) is 4.79 Å². The molecule has 0 radical (unpaired) electrons. The highest BCUT2D eigenvalue weighted by atomic mass is 16.2. The Balaban J connectivity index is 2.70. The van der Waals surface area contributed by atoms with Crippen LogP contribution in [0.2, 0.25) is 0 Å². The van der Waals surface area contributed by atoms with Crippen molar-refractivity contribution in [1.82, 2.24) is 15.1 Å². The lowest BCUT2D eigenvalue weighted by molar-refractivity contribution is -0.128. The lowest BCUT2D eigenvalue weighted by atomic mass is 9.82. The van der Waals surface area contributed by atoms with Gasteiger partial charge in [-0.05, 0) is 32.7 Å². The van der Waals surface area contributed by atoms with Gasteiger partial charge in [0.05, 0.1) is 0 Å². The van der Waals surface area contributed by atoms with Gasteiger partial charge < -0.3 is 15.1 Å². The number of carbonyl (C=O) groups is 1. The zero-order chi connectivity index (χ0) is 17.0. The van der Waals surface area contributed by atoms with Crippen LogP contribution in [0.25, 0.3) is 0 Å². The van der Waals surface area contributed by atoms with E-state index in [1.165, 1.54) is 0 Å². The summed E-state index contributed by atoms with van der Waals surface area (Å²) in [6.07, 6.45) is 2.53. The highest BCUT2D eigenvalue weighted by Gasteiger charge is 2.26. The number of nitrogens with one attached hydrogen (secondary N) is 1. The van der Waals surface area contributed by atoms with Crippen LogP contribution in [-0.4, -0.2) is 54.5 Å². The Morgan fingerprint density at radius 3 is 2.18 bits per heavy atom. The van der Waals surface area contributed by atoms with Crippen molar-refractivity contribution < 1.29 is 4.79 Å². The van der Waals surface area contributed by atoms with E-state index in [0.717, 1.165) is 19.5 Å². The van der Waals surface area contributed by atoms with E-state index >= 15 is 0 Å². The second-order valence-electron chi connectivity index (χ2n) is 8.03. The number of nitriles is 1. The average Bonchev–Trinajstić information content (AvgIpc) is 2.37. The molecule has 0 bridgehead atoms. The molecular weight excluding hydrogens is 276 g/mol. The number of piperazine rings is 1. The van der Waals surface area contributed by atoms with E-state index < -0.39 is 0 Å². The number of hydrogen-bond donors (Lipinski definition) is 1. The van der Waals surface area contributed by atoms with Gasteiger partial charge in [-0.15, -0.1) is 0 Å². The summed E-state index contributed by atoms with van der Waals surface area (Å²) >= 11 is 0. The van der Waals surface area contributed by atoms with Gasteiger partial charge in [-0.2, -0.15) is 5.26 Å². The third-order valence-corrected chi connectivity index (χ3v) is 3.72. The lowest BCUT2D eigenvalue weighted by Crippen LogP contribution is -2.48. The van der Waals surface area contributed by atoms with Crippen LogP contribution in [0.15, 0.2) is 11.8 Å². The van der Waals surface area contributed by atoms with Gasteiger partial charge in [0.15, 0.2) is 0 Å². The monoisotopic (exact) mass is 306 g/mol. The van der Waals surface area contributed by atoms with Crippen molar-refractivity contribution in [2.24, 2.45) is 5.41 Å². The fourth-order valence-electron chi connectivity index (χ4n) is 2.97. The number of rotatable bonds is 4. The number of amides is 1. The molecule has 1 rings (SSSR count). The van der Waals surface area contributed by atoms with E-state index in [1.54, 1.807) is 11.1 Å². The summed E-state index contributed by atoms with van der Waals surface area (Å²) in [5, 5.41) is 12.5. The lowest BCUT2D eigenvalue weighted by Gasteiger charge is -2.34. The molecule has 5 heteroatoms. The molecule has 1 aliphatic heterocycles. The Hall–Kier alpha value is -1.54. The Labute approximate surface area is 135 Å². The van der Waals surface area contributed by atoms with Crippen LogP contribution in [0.3, 0.4) is 0 Å². The largest absolute Gasteiger partial charge is 0.385 e. The van der Waals surface area contributed by atoms with Crippen LogP contribution in [0.5, 0.6) is 0 Å². The highest BCUT2D eigenvalue weighted by molar-refractivity contribution is 5.97. The van der Waals surface area contributed by atoms with Crippen molar-refractivity contribution in [3.63, 3.8) is 0 Å². The van der Waals surface area contributed by atoms with Crippen LogP contribution in [0.4, 0.5) is 0 Å². The van der Waals surface area contributed by atoms with E-state index in [9.17, 15) is 10.1 Å². The fourth-order valence-corrected chi connectivity index (χ4v) is 2.97. The topological polar surface area (TPSA) is 59.4 Å². The maximum atomic E-state index is 12.4. The normalized spacial score (nSPS) is 18.0. The molecule has 0 spiro atoms. The third-order valence-electron chi connectivity index (χ3n) is 3.72. The number of hydrogen-bond acceptors (Lipinski definition) is 4. The van der Waals surface area contributed by atoms with Crippen molar-refractivity contribution in [1.29, 1.82) is 5.26 Å². The first kappa shape index (κ1) is 18.5.